The maximum Gasteiger partial charge on any atom is 0.267 e. The fraction of sp³-hybridized carbons (Fsp3) is 0.300. The molecular formula is C10H11N3OS2. The minimum absolute atomic E-state index is 0.0944. The van der Waals surface area contributed by atoms with Crippen LogP contribution in [-0.4, -0.2) is 16.1 Å². The fourth-order valence-electron chi connectivity index (χ4n) is 1.31. The number of nitrogens with one attached hydrogen (secondary N) is 1. The second-order valence-electron chi connectivity index (χ2n) is 3.21. The molecule has 0 radical (unpaired) electrons. The fourth-order valence-corrected chi connectivity index (χ4v) is 2.79. The van der Waals surface area contributed by atoms with Gasteiger partial charge in [0.25, 0.3) is 5.91 Å². The van der Waals surface area contributed by atoms with E-state index in [1.165, 1.54) is 22.7 Å². The van der Waals surface area contributed by atoms with Gasteiger partial charge in [0.1, 0.15) is 5.01 Å². The molecule has 2 rings (SSSR count). The standard InChI is InChI=1S/C10H11N3OS2/c1-3-7-4-5-15-8(7)9(14)11-10-13-12-6(2)16-10/h4-5H,3H2,1-2H3,(H,11,13,14). The monoisotopic (exact) mass is 253 g/mol. The van der Waals surface area contributed by atoms with Gasteiger partial charge in [0.2, 0.25) is 5.13 Å². The highest BCUT2D eigenvalue weighted by molar-refractivity contribution is 7.15. The van der Waals surface area contributed by atoms with Gasteiger partial charge in [-0.2, -0.15) is 0 Å². The first-order valence-electron chi connectivity index (χ1n) is 4.88. The summed E-state index contributed by atoms with van der Waals surface area (Å²) < 4.78 is 0. The van der Waals surface area contributed by atoms with Crippen LogP contribution in [0.3, 0.4) is 0 Å². The Morgan fingerprint density at radius 1 is 1.50 bits per heavy atom. The van der Waals surface area contributed by atoms with Gasteiger partial charge < -0.3 is 0 Å². The van der Waals surface area contributed by atoms with Crippen LogP contribution in [0, 0.1) is 6.92 Å². The first kappa shape index (κ1) is 11.2. The number of carbonyl (C=O) groups is 1. The highest BCUT2D eigenvalue weighted by Crippen LogP contribution is 2.20. The maximum atomic E-state index is 11.9. The van der Waals surface area contributed by atoms with E-state index in [0.717, 1.165) is 21.9 Å². The molecule has 0 saturated heterocycles. The molecule has 0 spiro atoms. The van der Waals surface area contributed by atoms with Gasteiger partial charge in [-0.05, 0) is 30.4 Å². The molecule has 84 valence electrons. The van der Waals surface area contributed by atoms with E-state index in [1.54, 1.807) is 0 Å². The van der Waals surface area contributed by atoms with Crippen LogP contribution >= 0.6 is 22.7 Å². The molecule has 16 heavy (non-hydrogen) atoms. The average molecular weight is 253 g/mol. The second-order valence-corrected chi connectivity index (χ2v) is 5.31. The number of rotatable bonds is 3. The molecule has 2 aromatic rings. The van der Waals surface area contributed by atoms with Gasteiger partial charge in [-0.1, -0.05) is 18.3 Å². The third-order valence-corrected chi connectivity index (χ3v) is 3.79. The number of aromatic nitrogens is 2. The Hall–Kier alpha value is -1.27. The van der Waals surface area contributed by atoms with Crippen molar-refractivity contribution in [2.24, 2.45) is 0 Å². The van der Waals surface area contributed by atoms with Gasteiger partial charge in [-0.15, -0.1) is 21.5 Å². The number of hydrogen-bond donors (Lipinski definition) is 1. The zero-order valence-corrected chi connectivity index (χ0v) is 10.6. The molecule has 0 bridgehead atoms. The lowest BCUT2D eigenvalue weighted by Crippen LogP contribution is -2.11. The lowest BCUT2D eigenvalue weighted by Gasteiger charge is -2.00. The van der Waals surface area contributed by atoms with Crippen LogP contribution in [0.2, 0.25) is 0 Å². The molecule has 0 atom stereocenters. The second kappa shape index (κ2) is 4.71. The summed E-state index contributed by atoms with van der Waals surface area (Å²) in [6, 6.07) is 1.98. The predicted molar refractivity (Wildman–Crippen MR) is 66.3 cm³/mol. The number of anilines is 1. The van der Waals surface area contributed by atoms with E-state index in [-0.39, 0.29) is 5.91 Å². The predicted octanol–water partition coefficient (Wildman–Crippen LogP) is 2.72. The van der Waals surface area contributed by atoms with Crippen molar-refractivity contribution in [3.05, 3.63) is 26.9 Å². The van der Waals surface area contributed by atoms with E-state index >= 15 is 0 Å². The molecule has 4 nitrogen and oxygen atoms in total. The number of aryl methyl sites for hydroxylation is 2. The minimum atomic E-state index is -0.0944. The number of amides is 1. The topological polar surface area (TPSA) is 54.9 Å². The average Bonchev–Trinajstić information content (AvgIpc) is 2.86. The molecule has 0 aliphatic heterocycles. The molecule has 0 aliphatic rings. The lowest BCUT2D eigenvalue weighted by atomic mass is 10.2. The Balaban J connectivity index is 2.14. The summed E-state index contributed by atoms with van der Waals surface area (Å²) in [4.78, 5) is 12.7. The van der Waals surface area contributed by atoms with E-state index < -0.39 is 0 Å². The van der Waals surface area contributed by atoms with Gasteiger partial charge in [0.05, 0.1) is 4.88 Å². The largest absolute Gasteiger partial charge is 0.296 e. The van der Waals surface area contributed by atoms with Crippen LogP contribution in [-0.2, 0) is 6.42 Å². The molecule has 2 aromatic heterocycles. The molecule has 0 fully saturated rings. The molecular weight excluding hydrogens is 242 g/mol. The Bertz CT molecular complexity index is 504. The van der Waals surface area contributed by atoms with E-state index in [9.17, 15) is 4.79 Å². The van der Waals surface area contributed by atoms with Crippen molar-refractivity contribution in [1.29, 1.82) is 0 Å². The van der Waals surface area contributed by atoms with Crippen molar-refractivity contribution >= 4 is 33.7 Å². The Morgan fingerprint density at radius 2 is 2.31 bits per heavy atom. The summed E-state index contributed by atoms with van der Waals surface area (Å²) in [5.41, 5.74) is 1.07. The normalized spacial score (nSPS) is 10.4. The van der Waals surface area contributed by atoms with Crippen LogP contribution in [0.1, 0.15) is 27.2 Å². The quantitative estimate of drug-likeness (QED) is 0.915. The highest BCUT2D eigenvalue weighted by atomic mass is 32.1. The minimum Gasteiger partial charge on any atom is -0.296 e. The smallest absolute Gasteiger partial charge is 0.267 e. The summed E-state index contributed by atoms with van der Waals surface area (Å²) in [5, 5.41) is 13.8. The van der Waals surface area contributed by atoms with E-state index in [1.807, 2.05) is 25.3 Å². The maximum absolute atomic E-state index is 11.9. The third kappa shape index (κ3) is 2.28. The zero-order chi connectivity index (χ0) is 11.5. The van der Waals surface area contributed by atoms with Crippen LogP contribution in [0.4, 0.5) is 5.13 Å². The SMILES string of the molecule is CCc1ccsc1C(=O)Nc1nnc(C)s1. The molecule has 2 heterocycles. The van der Waals surface area contributed by atoms with Crippen LogP contribution < -0.4 is 5.32 Å². The van der Waals surface area contributed by atoms with Crippen molar-refractivity contribution in [2.75, 3.05) is 5.32 Å². The van der Waals surface area contributed by atoms with E-state index in [2.05, 4.69) is 15.5 Å². The van der Waals surface area contributed by atoms with Crippen LogP contribution in [0.15, 0.2) is 11.4 Å². The molecule has 6 heteroatoms. The van der Waals surface area contributed by atoms with Crippen LogP contribution in [0.5, 0.6) is 0 Å². The first-order chi connectivity index (χ1) is 7.70. The number of carbonyl (C=O) groups excluding carboxylic acids is 1. The van der Waals surface area contributed by atoms with Crippen molar-refractivity contribution in [3.63, 3.8) is 0 Å². The molecule has 0 aliphatic carbocycles. The number of nitrogens with zero attached hydrogens (tertiary/aromatic N) is 2. The molecule has 0 unspecified atom stereocenters. The van der Waals surface area contributed by atoms with E-state index in [4.69, 9.17) is 0 Å². The third-order valence-electron chi connectivity index (χ3n) is 2.08. The summed E-state index contributed by atoms with van der Waals surface area (Å²) in [6.45, 7) is 3.89. The summed E-state index contributed by atoms with van der Waals surface area (Å²) in [7, 11) is 0. The summed E-state index contributed by atoms with van der Waals surface area (Å²) in [5.74, 6) is -0.0944. The first-order valence-corrected chi connectivity index (χ1v) is 6.58. The molecule has 0 saturated carbocycles. The molecule has 0 aromatic carbocycles. The van der Waals surface area contributed by atoms with Gasteiger partial charge >= 0.3 is 0 Å². The van der Waals surface area contributed by atoms with E-state index in [0.29, 0.717) is 5.13 Å². The van der Waals surface area contributed by atoms with Gasteiger partial charge in [0.15, 0.2) is 0 Å². The van der Waals surface area contributed by atoms with Crippen molar-refractivity contribution < 1.29 is 4.79 Å². The van der Waals surface area contributed by atoms with Crippen molar-refractivity contribution in [1.82, 2.24) is 10.2 Å². The van der Waals surface area contributed by atoms with Gasteiger partial charge in [-0.3, -0.25) is 10.1 Å². The Kier molecular flexibility index (Phi) is 3.31. The van der Waals surface area contributed by atoms with Gasteiger partial charge in [0, 0.05) is 0 Å². The van der Waals surface area contributed by atoms with Crippen molar-refractivity contribution in [2.45, 2.75) is 20.3 Å². The Labute approximate surface area is 101 Å². The van der Waals surface area contributed by atoms with Crippen molar-refractivity contribution in [3.8, 4) is 0 Å². The summed E-state index contributed by atoms with van der Waals surface area (Å²) >= 11 is 2.83. The zero-order valence-electron chi connectivity index (χ0n) is 8.98. The molecule has 1 N–H and O–H groups in total. The number of hydrogen-bond acceptors (Lipinski definition) is 5. The van der Waals surface area contributed by atoms with Gasteiger partial charge in [-0.25, -0.2) is 0 Å². The lowest BCUT2D eigenvalue weighted by molar-refractivity contribution is 0.102. The summed E-state index contributed by atoms with van der Waals surface area (Å²) in [6.07, 6.45) is 0.863. The molecule has 1 amide bonds. The number of thiophene rings is 1. The highest BCUT2D eigenvalue weighted by Gasteiger charge is 2.13. The van der Waals surface area contributed by atoms with Crippen LogP contribution in [0.25, 0.3) is 0 Å². The Morgan fingerprint density at radius 3 is 2.94 bits per heavy atom.